The predicted octanol–water partition coefficient (Wildman–Crippen LogP) is 3.40. The summed E-state index contributed by atoms with van der Waals surface area (Å²) in [7, 11) is 0. The van der Waals surface area contributed by atoms with Gasteiger partial charge in [0.2, 0.25) is 5.91 Å². The van der Waals surface area contributed by atoms with Crippen LogP contribution in [0.1, 0.15) is 33.7 Å². The zero-order valence-electron chi connectivity index (χ0n) is 23.0. The van der Waals surface area contributed by atoms with Crippen LogP contribution in [0.3, 0.4) is 0 Å². The molecule has 40 heavy (non-hydrogen) atoms. The number of amides is 1. The van der Waals surface area contributed by atoms with Crippen molar-refractivity contribution in [3.05, 3.63) is 95.3 Å². The average molecular weight is 555 g/mol. The smallest absolute Gasteiger partial charge is 0.240 e. The summed E-state index contributed by atoms with van der Waals surface area (Å²) in [6.07, 6.45) is 4.70. The number of aromatic nitrogens is 1. The van der Waals surface area contributed by atoms with E-state index in [1.165, 1.54) is 22.4 Å². The number of thioether (sulfide) groups is 1. The van der Waals surface area contributed by atoms with Gasteiger partial charge in [-0.3, -0.25) is 24.9 Å². The summed E-state index contributed by atoms with van der Waals surface area (Å²) >= 11 is 1.80. The Morgan fingerprint density at radius 1 is 0.875 bits per heavy atom. The molecule has 1 N–H and O–H groups in total. The molecule has 7 nitrogen and oxygen atoms in total. The van der Waals surface area contributed by atoms with Crippen molar-refractivity contribution in [2.75, 3.05) is 69.6 Å². The van der Waals surface area contributed by atoms with Crippen molar-refractivity contribution in [1.82, 2.24) is 25.0 Å². The second-order valence-electron chi connectivity index (χ2n) is 11.4. The molecule has 3 aromatic rings. The van der Waals surface area contributed by atoms with E-state index < -0.39 is 0 Å². The molecule has 8 heteroatoms. The number of nitrogens with zero attached hydrogens (tertiary/aromatic N) is 5. The van der Waals surface area contributed by atoms with E-state index in [9.17, 15) is 4.79 Å². The van der Waals surface area contributed by atoms with E-state index in [1.807, 2.05) is 12.3 Å². The van der Waals surface area contributed by atoms with Crippen molar-refractivity contribution < 1.29 is 4.79 Å². The number of rotatable bonds is 5. The summed E-state index contributed by atoms with van der Waals surface area (Å²) in [5.41, 5.74) is 6.94. The number of benzene rings is 2. The molecule has 3 atom stereocenters. The minimum absolute atomic E-state index is 0.106. The Kier molecular flexibility index (Phi) is 7.50. The number of nitrogens with one attached hydrogen (secondary N) is 1. The molecule has 3 saturated heterocycles. The van der Waals surface area contributed by atoms with Gasteiger partial charge < -0.3 is 9.80 Å². The first kappa shape index (κ1) is 26.0. The Balaban J connectivity index is 0.921. The first-order valence-electron chi connectivity index (χ1n) is 14.7. The quantitative estimate of drug-likeness (QED) is 0.519. The number of pyridine rings is 1. The van der Waals surface area contributed by atoms with Gasteiger partial charge in [-0.1, -0.05) is 48.5 Å². The molecule has 0 radical (unpaired) electrons. The van der Waals surface area contributed by atoms with E-state index in [4.69, 9.17) is 0 Å². The standard InChI is InChI=1S/C32H38N6OS/c39-32(28-23-40-31(34-28)26-8-5-11-33-21-26)37-17-14-35(15-18-37)12-13-36-16-19-38-29-10-4-2-7-25(29)20-24-6-1-3-9-27(24)30(38)22-36/h1-11,21,28,30-31,34H,12-20,22-23H2/t28-,30-,31?/m0/s1. The summed E-state index contributed by atoms with van der Waals surface area (Å²) in [5, 5.41) is 3.68. The van der Waals surface area contributed by atoms with Crippen LogP contribution in [0, 0.1) is 0 Å². The molecular formula is C32H38N6OS. The zero-order valence-corrected chi connectivity index (χ0v) is 23.8. The fourth-order valence-corrected chi connectivity index (χ4v) is 8.01. The van der Waals surface area contributed by atoms with E-state index in [2.05, 4.69) is 84.5 Å². The summed E-state index contributed by atoms with van der Waals surface area (Å²) in [6, 6.07) is 22.3. The summed E-state index contributed by atoms with van der Waals surface area (Å²) in [6.45, 7) is 8.91. The third-order valence-corrected chi connectivity index (χ3v) is 10.3. The first-order valence-corrected chi connectivity index (χ1v) is 15.7. The molecule has 208 valence electrons. The third kappa shape index (κ3) is 5.26. The van der Waals surface area contributed by atoms with E-state index >= 15 is 0 Å². The van der Waals surface area contributed by atoms with Crippen LogP contribution in [-0.4, -0.2) is 96.3 Å². The van der Waals surface area contributed by atoms with Gasteiger partial charge in [0, 0.05) is 82.7 Å². The molecule has 7 rings (SSSR count). The predicted molar refractivity (Wildman–Crippen MR) is 162 cm³/mol. The van der Waals surface area contributed by atoms with Gasteiger partial charge in [-0.2, -0.15) is 0 Å². The van der Waals surface area contributed by atoms with E-state index in [0.717, 1.165) is 76.6 Å². The molecule has 1 unspecified atom stereocenters. The molecule has 4 aliphatic heterocycles. The lowest BCUT2D eigenvalue weighted by Crippen LogP contribution is -2.55. The lowest BCUT2D eigenvalue weighted by Gasteiger charge is -2.44. The molecule has 1 amide bonds. The molecule has 0 aliphatic carbocycles. The topological polar surface area (TPSA) is 55.0 Å². The second-order valence-corrected chi connectivity index (χ2v) is 12.5. The molecule has 1 aromatic heterocycles. The summed E-state index contributed by atoms with van der Waals surface area (Å²) in [4.78, 5) is 27.4. The highest BCUT2D eigenvalue weighted by Gasteiger charge is 2.35. The van der Waals surface area contributed by atoms with Crippen LogP contribution in [-0.2, 0) is 11.2 Å². The van der Waals surface area contributed by atoms with Gasteiger partial charge >= 0.3 is 0 Å². The Hall–Kier alpha value is -2.91. The minimum atomic E-state index is -0.106. The lowest BCUT2D eigenvalue weighted by molar-refractivity contribution is -0.134. The molecule has 4 aliphatic rings. The van der Waals surface area contributed by atoms with Crippen LogP contribution in [0.5, 0.6) is 0 Å². The van der Waals surface area contributed by atoms with Crippen molar-refractivity contribution in [2.45, 2.75) is 23.9 Å². The number of piperazine rings is 2. The Morgan fingerprint density at radius 2 is 1.65 bits per heavy atom. The summed E-state index contributed by atoms with van der Waals surface area (Å²) in [5.74, 6) is 1.07. The van der Waals surface area contributed by atoms with Gasteiger partial charge in [-0.25, -0.2) is 0 Å². The molecule has 0 saturated carbocycles. The highest BCUT2D eigenvalue weighted by Crippen LogP contribution is 2.39. The number of hydrogen-bond donors (Lipinski definition) is 1. The Bertz CT molecular complexity index is 1330. The number of para-hydroxylation sites is 1. The van der Waals surface area contributed by atoms with Gasteiger partial charge in [-0.15, -0.1) is 11.8 Å². The highest BCUT2D eigenvalue weighted by atomic mass is 32.2. The second kappa shape index (κ2) is 11.5. The van der Waals surface area contributed by atoms with Crippen LogP contribution in [0.15, 0.2) is 73.1 Å². The van der Waals surface area contributed by atoms with Crippen molar-refractivity contribution in [3.63, 3.8) is 0 Å². The van der Waals surface area contributed by atoms with Crippen molar-refractivity contribution in [2.24, 2.45) is 0 Å². The molecule has 2 aromatic carbocycles. The number of anilines is 1. The van der Waals surface area contributed by atoms with Gasteiger partial charge in [-0.05, 0) is 40.8 Å². The first-order chi connectivity index (χ1) is 19.7. The normalized spacial score (nSPS) is 25.1. The van der Waals surface area contributed by atoms with E-state index in [-0.39, 0.29) is 17.3 Å². The zero-order chi connectivity index (χ0) is 26.9. The Morgan fingerprint density at radius 3 is 2.50 bits per heavy atom. The van der Waals surface area contributed by atoms with E-state index in [1.54, 1.807) is 18.0 Å². The largest absolute Gasteiger partial charge is 0.362 e. The average Bonchev–Trinajstić information content (AvgIpc) is 3.46. The maximum Gasteiger partial charge on any atom is 0.240 e. The SMILES string of the molecule is O=C([C@@H]1CSC(c2cccnc2)N1)N1CCN(CCN2CCN3c4ccccc4Cc4ccccc4[C@@H]3C2)CC1. The van der Waals surface area contributed by atoms with Gasteiger partial charge in [0.05, 0.1) is 17.5 Å². The van der Waals surface area contributed by atoms with Crippen molar-refractivity contribution in [1.29, 1.82) is 0 Å². The van der Waals surface area contributed by atoms with Gasteiger partial charge in [0.25, 0.3) is 0 Å². The number of carbonyl (C=O) groups excluding carboxylic acids is 1. The van der Waals surface area contributed by atoms with Gasteiger partial charge in [0.15, 0.2) is 0 Å². The fourth-order valence-electron chi connectivity index (χ4n) is 6.80. The number of fused-ring (bicyclic) bond motifs is 5. The Labute approximate surface area is 241 Å². The van der Waals surface area contributed by atoms with Gasteiger partial charge in [0.1, 0.15) is 0 Å². The fraction of sp³-hybridized carbons (Fsp3) is 0.438. The molecular weight excluding hydrogens is 516 g/mol. The van der Waals surface area contributed by atoms with Crippen LogP contribution >= 0.6 is 11.8 Å². The van der Waals surface area contributed by atoms with Crippen LogP contribution < -0.4 is 10.2 Å². The number of carbonyl (C=O) groups is 1. The highest BCUT2D eigenvalue weighted by molar-refractivity contribution is 7.99. The third-order valence-electron chi connectivity index (χ3n) is 9.04. The molecule has 3 fully saturated rings. The minimum Gasteiger partial charge on any atom is -0.362 e. The maximum absolute atomic E-state index is 13.2. The molecule has 5 heterocycles. The van der Waals surface area contributed by atoms with Crippen LogP contribution in [0.25, 0.3) is 0 Å². The van der Waals surface area contributed by atoms with E-state index in [0.29, 0.717) is 6.04 Å². The van der Waals surface area contributed by atoms with Crippen molar-refractivity contribution >= 4 is 23.4 Å². The monoisotopic (exact) mass is 554 g/mol. The van der Waals surface area contributed by atoms with Crippen molar-refractivity contribution in [3.8, 4) is 0 Å². The summed E-state index contributed by atoms with van der Waals surface area (Å²) < 4.78 is 0. The van der Waals surface area contributed by atoms with Crippen LogP contribution in [0.2, 0.25) is 0 Å². The molecule has 0 spiro atoms. The number of hydrogen-bond acceptors (Lipinski definition) is 7. The molecule has 0 bridgehead atoms. The van der Waals surface area contributed by atoms with Crippen LogP contribution in [0.4, 0.5) is 5.69 Å². The maximum atomic E-state index is 13.2. The lowest BCUT2D eigenvalue weighted by atomic mass is 9.96.